The van der Waals surface area contributed by atoms with Crippen molar-refractivity contribution in [3.63, 3.8) is 0 Å². The maximum Gasteiger partial charge on any atom is 0.229 e. The molecule has 0 fully saturated rings. The molecule has 0 heterocycles. The van der Waals surface area contributed by atoms with Gasteiger partial charge in [-0.15, -0.1) is 0 Å². The second-order valence-electron chi connectivity index (χ2n) is 4.83. The van der Waals surface area contributed by atoms with E-state index in [4.69, 9.17) is 4.43 Å². The molecule has 1 rings (SSSR count). The number of hydrogen-bond acceptors (Lipinski definition) is 1. The van der Waals surface area contributed by atoms with E-state index in [-0.39, 0.29) is 5.41 Å². The fourth-order valence-electron chi connectivity index (χ4n) is 1.36. The van der Waals surface area contributed by atoms with Crippen LogP contribution in [0, 0.1) is 6.07 Å². The summed E-state index contributed by atoms with van der Waals surface area (Å²) < 4.78 is 5.88. The van der Waals surface area contributed by atoms with Gasteiger partial charge in [0.15, 0.2) is 0 Å². The first kappa shape index (κ1) is 11.3. The molecule has 2 heteroatoms. The second kappa shape index (κ2) is 4.18. The molecule has 1 aromatic rings. The number of benzene rings is 1. The molecule has 0 atom stereocenters. The Bertz CT molecular complexity index is 299. The summed E-state index contributed by atoms with van der Waals surface area (Å²) in [7, 11) is -1.02. The molecule has 0 unspecified atom stereocenters. The standard InChI is InChI=1S/C12H19OSi/c1-12(2,3)10-8-6-7-9-11(10)13-14(4)5/h6-7,9,14H,1-5H3. The van der Waals surface area contributed by atoms with Crippen LogP contribution in [0.15, 0.2) is 18.2 Å². The van der Waals surface area contributed by atoms with Crippen LogP contribution < -0.4 is 4.43 Å². The Labute approximate surface area is 88.8 Å². The van der Waals surface area contributed by atoms with Crippen molar-refractivity contribution in [2.24, 2.45) is 0 Å². The van der Waals surface area contributed by atoms with E-state index >= 15 is 0 Å². The molecule has 0 N–H and O–H groups in total. The molecule has 1 radical (unpaired) electrons. The van der Waals surface area contributed by atoms with Gasteiger partial charge >= 0.3 is 0 Å². The summed E-state index contributed by atoms with van der Waals surface area (Å²) in [6, 6.07) is 9.27. The van der Waals surface area contributed by atoms with Crippen LogP contribution in [0.1, 0.15) is 26.3 Å². The number of rotatable bonds is 2. The van der Waals surface area contributed by atoms with Crippen molar-refractivity contribution in [2.45, 2.75) is 39.3 Å². The molecule has 0 saturated carbocycles. The molecule has 1 aromatic carbocycles. The van der Waals surface area contributed by atoms with Gasteiger partial charge in [-0.3, -0.25) is 0 Å². The SMILES string of the molecule is C[SiH](C)Oc1ccc[c]c1C(C)(C)C. The Morgan fingerprint density at radius 3 is 2.43 bits per heavy atom. The molecule has 0 spiro atoms. The van der Waals surface area contributed by atoms with Crippen molar-refractivity contribution in [1.29, 1.82) is 0 Å². The van der Waals surface area contributed by atoms with Crippen molar-refractivity contribution in [3.8, 4) is 5.75 Å². The first-order chi connectivity index (χ1) is 6.41. The van der Waals surface area contributed by atoms with Crippen LogP contribution >= 0.6 is 0 Å². The molecule has 14 heavy (non-hydrogen) atoms. The van der Waals surface area contributed by atoms with Crippen molar-refractivity contribution in [3.05, 3.63) is 29.8 Å². The maximum absolute atomic E-state index is 5.88. The lowest BCUT2D eigenvalue weighted by molar-refractivity contribution is 0.520. The van der Waals surface area contributed by atoms with E-state index in [1.165, 1.54) is 5.56 Å². The van der Waals surface area contributed by atoms with Gasteiger partial charge in [-0.2, -0.15) is 0 Å². The Morgan fingerprint density at radius 2 is 1.93 bits per heavy atom. The van der Waals surface area contributed by atoms with E-state index in [0.29, 0.717) is 0 Å². The third-order valence-electron chi connectivity index (χ3n) is 1.93. The molecule has 77 valence electrons. The summed E-state index contributed by atoms with van der Waals surface area (Å²) in [6.07, 6.45) is 0. The summed E-state index contributed by atoms with van der Waals surface area (Å²) in [5.41, 5.74) is 1.29. The molecule has 0 saturated heterocycles. The van der Waals surface area contributed by atoms with Gasteiger partial charge in [0.1, 0.15) is 5.75 Å². The topological polar surface area (TPSA) is 9.23 Å². The zero-order chi connectivity index (χ0) is 10.8. The van der Waals surface area contributed by atoms with Gasteiger partial charge < -0.3 is 4.43 Å². The monoisotopic (exact) mass is 207 g/mol. The normalized spacial score (nSPS) is 11.9. The van der Waals surface area contributed by atoms with E-state index in [1.807, 2.05) is 18.2 Å². The quantitative estimate of drug-likeness (QED) is 0.677. The Balaban J connectivity index is 3.04. The first-order valence-corrected chi connectivity index (χ1v) is 7.87. The van der Waals surface area contributed by atoms with Crippen LogP contribution in [0.3, 0.4) is 0 Å². The van der Waals surface area contributed by atoms with E-state index in [2.05, 4.69) is 39.9 Å². The molecular formula is C12H19OSi. The largest absolute Gasteiger partial charge is 0.547 e. The zero-order valence-electron chi connectivity index (χ0n) is 9.72. The predicted octanol–water partition coefficient (Wildman–Crippen LogP) is 3.15. The summed E-state index contributed by atoms with van der Waals surface area (Å²) in [4.78, 5) is 0. The first-order valence-electron chi connectivity index (χ1n) is 5.09. The molecule has 0 aliphatic carbocycles. The summed E-state index contributed by atoms with van der Waals surface area (Å²) in [5.74, 6) is 1.02. The van der Waals surface area contributed by atoms with Crippen LogP contribution in [0.5, 0.6) is 5.75 Å². The minimum atomic E-state index is -1.02. The Kier molecular flexibility index (Phi) is 3.37. The molecule has 0 bridgehead atoms. The lowest BCUT2D eigenvalue weighted by Crippen LogP contribution is -2.18. The van der Waals surface area contributed by atoms with Crippen molar-refractivity contribution >= 4 is 9.04 Å². The maximum atomic E-state index is 5.88. The Hall–Kier alpha value is -0.763. The highest BCUT2D eigenvalue weighted by Gasteiger charge is 2.18. The average molecular weight is 207 g/mol. The van der Waals surface area contributed by atoms with Crippen molar-refractivity contribution in [1.82, 2.24) is 0 Å². The van der Waals surface area contributed by atoms with E-state index < -0.39 is 9.04 Å². The Morgan fingerprint density at radius 1 is 1.29 bits per heavy atom. The second-order valence-corrected chi connectivity index (χ2v) is 7.16. The van der Waals surface area contributed by atoms with Gasteiger partial charge in [0.25, 0.3) is 0 Å². The molecule has 0 aromatic heterocycles. The molecular weight excluding hydrogens is 188 g/mol. The summed E-state index contributed by atoms with van der Waals surface area (Å²) in [5, 5.41) is 0. The van der Waals surface area contributed by atoms with Gasteiger partial charge in [-0.1, -0.05) is 32.9 Å². The third kappa shape index (κ3) is 2.88. The van der Waals surface area contributed by atoms with Crippen molar-refractivity contribution in [2.75, 3.05) is 0 Å². The zero-order valence-corrected chi connectivity index (χ0v) is 10.9. The lowest BCUT2D eigenvalue weighted by atomic mass is 9.86. The van der Waals surface area contributed by atoms with Gasteiger partial charge in [0.2, 0.25) is 9.04 Å². The van der Waals surface area contributed by atoms with Gasteiger partial charge in [0.05, 0.1) is 0 Å². The van der Waals surface area contributed by atoms with Crippen LogP contribution in [-0.2, 0) is 5.41 Å². The predicted molar refractivity (Wildman–Crippen MR) is 63.5 cm³/mol. The average Bonchev–Trinajstić information content (AvgIpc) is 2.01. The molecule has 0 aliphatic rings. The summed E-state index contributed by atoms with van der Waals surface area (Å²) in [6.45, 7) is 10.9. The van der Waals surface area contributed by atoms with E-state index in [9.17, 15) is 0 Å². The van der Waals surface area contributed by atoms with Gasteiger partial charge in [-0.05, 0) is 30.6 Å². The fourth-order valence-corrected chi connectivity index (χ4v) is 2.06. The minimum Gasteiger partial charge on any atom is -0.547 e. The van der Waals surface area contributed by atoms with E-state index in [0.717, 1.165) is 5.75 Å². The smallest absolute Gasteiger partial charge is 0.229 e. The third-order valence-corrected chi connectivity index (χ3v) is 2.66. The molecule has 0 amide bonds. The summed E-state index contributed by atoms with van der Waals surface area (Å²) >= 11 is 0. The van der Waals surface area contributed by atoms with Crippen LogP contribution in [0.2, 0.25) is 13.1 Å². The molecule has 1 nitrogen and oxygen atoms in total. The molecule has 0 aliphatic heterocycles. The van der Waals surface area contributed by atoms with Crippen LogP contribution in [0.4, 0.5) is 0 Å². The lowest BCUT2D eigenvalue weighted by Gasteiger charge is -2.23. The highest BCUT2D eigenvalue weighted by Crippen LogP contribution is 2.30. The highest BCUT2D eigenvalue weighted by molar-refractivity contribution is 6.49. The fraction of sp³-hybridized carbons (Fsp3) is 0.500. The number of hydrogen-bond donors (Lipinski definition) is 0. The highest BCUT2D eigenvalue weighted by atomic mass is 28.3. The van der Waals surface area contributed by atoms with Gasteiger partial charge in [-0.25, -0.2) is 0 Å². The van der Waals surface area contributed by atoms with Gasteiger partial charge in [0, 0.05) is 5.56 Å². The van der Waals surface area contributed by atoms with Crippen LogP contribution in [-0.4, -0.2) is 9.04 Å². The van der Waals surface area contributed by atoms with Crippen molar-refractivity contribution < 1.29 is 4.43 Å². The van der Waals surface area contributed by atoms with Crippen LogP contribution in [0.25, 0.3) is 0 Å². The minimum absolute atomic E-state index is 0.111. The van der Waals surface area contributed by atoms with E-state index in [1.54, 1.807) is 0 Å².